The summed E-state index contributed by atoms with van der Waals surface area (Å²) in [6.45, 7) is 4.45. The lowest BCUT2D eigenvalue weighted by atomic mass is 10.1. The molecule has 0 atom stereocenters. The SMILES string of the molecule is CN1CCN(c2cnn(C3CN(Cc4cncn4C4CC4)C3)c2)C1=O. The van der Waals surface area contributed by atoms with Crippen molar-refractivity contribution in [2.24, 2.45) is 0 Å². The Hall–Kier alpha value is -2.35. The van der Waals surface area contributed by atoms with Crippen LogP contribution in [0.4, 0.5) is 10.5 Å². The number of carbonyl (C=O) groups is 1. The van der Waals surface area contributed by atoms with Crippen molar-refractivity contribution in [3.8, 4) is 0 Å². The summed E-state index contributed by atoms with van der Waals surface area (Å²) in [4.78, 5) is 22.4. The van der Waals surface area contributed by atoms with Crippen LogP contribution < -0.4 is 4.90 Å². The van der Waals surface area contributed by atoms with Gasteiger partial charge in [-0.3, -0.25) is 14.5 Å². The maximum absolute atomic E-state index is 12.1. The minimum atomic E-state index is 0.0584. The van der Waals surface area contributed by atoms with Crippen molar-refractivity contribution in [1.82, 2.24) is 29.1 Å². The normalized spacial score (nSPS) is 22.0. The minimum absolute atomic E-state index is 0.0584. The van der Waals surface area contributed by atoms with E-state index in [2.05, 4.69) is 19.5 Å². The van der Waals surface area contributed by atoms with Crippen molar-refractivity contribution < 1.29 is 4.79 Å². The van der Waals surface area contributed by atoms with Crippen LogP contribution in [0, 0.1) is 0 Å². The Labute approximate surface area is 146 Å². The number of amides is 2. The molecular formula is C17H23N7O. The molecule has 25 heavy (non-hydrogen) atoms. The van der Waals surface area contributed by atoms with Crippen molar-refractivity contribution in [1.29, 1.82) is 0 Å². The van der Waals surface area contributed by atoms with Gasteiger partial charge in [0, 0.05) is 58.2 Å². The van der Waals surface area contributed by atoms with Crippen molar-refractivity contribution in [3.63, 3.8) is 0 Å². The summed E-state index contributed by atoms with van der Waals surface area (Å²) in [6, 6.07) is 1.13. The molecule has 3 aliphatic rings. The summed E-state index contributed by atoms with van der Waals surface area (Å²) in [5, 5.41) is 4.49. The Kier molecular flexibility index (Phi) is 3.34. The molecule has 2 aromatic rings. The quantitative estimate of drug-likeness (QED) is 0.823. The first kappa shape index (κ1) is 14.9. The van der Waals surface area contributed by atoms with Gasteiger partial charge in [0.05, 0.1) is 29.9 Å². The van der Waals surface area contributed by atoms with Crippen LogP contribution in [0.2, 0.25) is 0 Å². The zero-order chi connectivity index (χ0) is 17.0. The highest BCUT2D eigenvalue weighted by Gasteiger charge is 2.33. The van der Waals surface area contributed by atoms with Gasteiger partial charge in [0.15, 0.2) is 0 Å². The Morgan fingerprint density at radius 3 is 2.72 bits per heavy atom. The Morgan fingerprint density at radius 2 is 2.00 bits per heavy atom. The number of imidazole rings is 1. The van der Waals surface area contributed by atoms with Crippen LogP contribution >= 0.6 is 0 Å². The Morgan fingerprint density at radius 1 is 1.16 bits per heavy atom. The van der Waals surface area contributed by atoms with E-state index in [0.717, 1.165) is 38.4 Å². The molecule has 1 saturated carbocycles. The number of carbonyl (C=O) groups excluding carboxylic acids is 1. The third-order valence-corrected chi connectivity index (χ3v) is 5.50. The molecule has 4 heterocycles. The van der Waals surface area contributed by atoms with E-state index >= 15 is 0 Å². The first-order valence-corrected chi connectivity index (χ1v) is 8.99. The highest BCUT2D eigenvalue weighted by molar-refractivity contribution is 5.93. The van der Waals surface area contributed by atoms with Crippen LogP contribution in [0.15, 0.2) is 24.9 Å². The number of likely N-dealkylation sites (tertiary alicyclic amines) is 1. The molecule has 5 rings (SSSR count). The Bertz CT molecular complexity index is 787. The summed E-state index contributed by atoms with van der Waals surface area (Å²) >= 11 is 0. The molecule has 0 unspecified atom stereocenters. The molecule has 2 aromatic heterocycles. The van der Waals surface area contributed by atoms with Gasteiger partial charge in [-0.15, -0.1) is 0 Å². The summed E-state index contributed by atoms with van der Waals surface area (Å²) in [5.41, 5.74) is 2.22. The molecule has 2 aliphatic heterocycles. The number of hydrogen-bond donors (Lipinski definition) is 0. The standard InChI is InChI=1S/C17H23N7O/c1-20-4-5-22(17(20)25)15-7-19-24(11-15)16-9-21(10-16)8-14-6-18-12-23(14)13-2-3-13/h6-7,11-13,16H,2-5,8-10H2,1H3. The summed E-state index contributed by atoms with van der Waals surface area (Å²) in [7, 11) is 1.84. The second kappa shape index (κ2) is 5.59. The largest absolute Gasteiger partial charge is 0.330 e. The van der Waals surface area contributed by atoms with Crippen LogP contribution in [0.5, 0.6) is 0 Å². The van der Waals surface area contributed by atoms with Crippen LogP contribution in [0.1, 0.15) is 30.6 Å². The van der Waals surface area contributed by atoms with Gasteiger partial charge in [-0.05, 0) is 12.8 Å². The average molecular weight is 341 g/mol. The molecule has 132 valence electrons. The van der Waals surface area contributed by atoms with Gasteiger partial charge in [0.25, 0.3) is 0 Å². The van der Waals surface area contributed by atoms with Gasteiger partial charge in [0.2, 0.25) is 0 Å². The minimum Gasteiger partial charge on any atom is -0.330 e. The van der Waals surface area contributed by atoms with Gasteiger partial charge < -0.3 is 9.47 Å². The number of urea groups is 1. The molecule has 0 N–H and O–H groups in total. The van der Waals surface area contributed by atoms with E-state index < -0.39 is 0 Å². The lowest BCUT2D eigenvalue weighted by molar-refractivity contribution is 0.0883. The molecular weight excluding hydrogens is 318 g/mol. The molecule has 8 heteroatoms. The number of rotatable bonds is 5. The monoisotopic (exact) mass is 341 g/mol. The topological polar surface area (TPSA) is 62.4 Å². The van der Waals surface area contributed by atoms with Gasteiger partial charge in [-0.25, -0.2) is 9.78 Å². The lowest BCUT2D eigenvalue weighted by Gasteiger charge is -2.39. The number of aromatic nitrogens is 4. The first-order chi connectivity index (χ1) is 12.2. The number of likely N-dealkylation sites (N-methyl/N-ethyl adjacent to an activating group) is 1. The summed E-state index contributed by atoms with van der Waals surface area (Å²) in [5.74, 6) is 0. The van der Waals surface area contributed by atoms with Crippen LogP contribution in [-0.2, 0) is 6.54 Å². The van der Waals surface area contributed by atoms with Crippen LogP contribution in [0.25, 0.3) is 0 Å². The number of anilines is 1. The summed E-state index contributed by atoms with van der Waals surface area (Å²) in [6.07, 6.45) is 10.3. The van der Waals surface area contributed by atoms with Gasteiger partial charge in [-0.1, -0.05) is 0 Å². The number of hydrogen-bond acceptors (Lipinski definition) is 4. The predicted octanol–water partition coefficient (Wildman–Crippen LogP) is 1.34. The fourth-order valence-electron chi connectivity index (χ4n) is 3.76. The molecule has 1 aliphatic carbocycles. The third kappa shape index (κ3) is 2.60. The smallest absolute Gasteiger partial charge is 0.324 e. The van der Waals surface area contributed by atoms with E-state index in [1.807, 2.05) is 36.6 Å². The molecule has 3 fully saturated rings. The van der Waals surface area contributed by atoms with Crippen molar-refractivity contribution in [2.75, 3.05) is 38.1 Å². The zero-order valence-corrected chi connectivity index (χ0v) is 14.5. The molecule has 0 radical (unpaired) electrons. The zero-order valence-electron chi connectivity index (χ0n) is 14.5. The molecule has 2 saturated heterocycles. The first-order valence-electron chi connectivity index (χ1n) is 8.99. The molecule has 8 nitrogen and oxygen atoms in total. The fourth-order valence-corrected chi connectivity index (χ4v) is 3.76. The maximum atomic E-state index is 12.1. The highest BCUT2D eigenvalue weighted by Crippen LogP contribution is 2.36. The number of nitrogens with zero attached hydrogens (tertiary/aromatic N) is 7. The second-order valence-electron chi connectivity index (χ2n) is 7.41. The van der Waals surface area contributed by atoms with E-state index in [1.165, 1.54) is 18.5 Å². The predicted molar refractivity (Wildman–Crippen MR) is 92.4 cm³/mol. The van der Waals surface area contributed by atoms with Crippen LogP contribution in [-0.4, -0.2) is 68.4 Å². The van der Waals surface area contributed by atoms with Crippen molar-refractivity contribution in [3.05, 3.63) is 30.6 Å². The fraction of sp³-hybridized carbons (Fsp3) is 0.588. The van der Waals surface area contributed by atoms with E-state index in [4.69, 9.17) is 0 Å². The summed E-state index contributed by atoms with van der Waals surface area (Å²) < 4.78 is 4.34. The van der Waals surface area contributed by atoms with Crippen molar-refractivity contribution in [2.45, 2.75) is 31.5 Å². The van der Waals surface area contributed by atoms with E-state index in [-0.39, 0.29) is 6.03 Å². The van der Waals surface area contributed by atoms with Crippen molar-refractivity contribution >= 4 is 11.7 Å². The maximum Gasteiger partial charge on any atom is 0.324 e. The highest BCUT2D eigenvalue weighted by atomic mass is 16.2. The molecule has 2 amide bonds. The average Bonchev–Trinajstić information content (AvgIpc) is 2.97. The van der Waals surface area contributed by atoms with Crippen LogP contribution in [0.3, 0.4) is 0 Å². The van der Waals surface area contributed by atoms with Gasteiger partial charge in [0.1, 0.15) is 0 Å². The van der Waals surface area contributed by atoms with E-state index in [1.54, 1.807) is 9.80 Å². The van der Waals surface area contributed by atoms with E-state index in [0.29, 0.717) is 12.1 Å². The molecule has 0 spiro atoms. The molecule has 0 aromatic carbocycles. The van der Waals surface area contributed by atoms with Gasteiger partial charge in [-0.2, -0.15) is 5.10 Å². The van der Waals surface area contributed by atoms with Gasteiger partial charge >= 0.3 is 6.03 Å². The third-order valence-electron chi connectivity index (χ3n) is 5.50. The van der Waals surface area contributed by atoms with E-state index in [9.17, 15) is 4.79 Å². The molecule has 0 bridgehead atoms. The second-order valence-corrected chi connectivity index (χ2v) is 7.41. The lowest BCUT2D eigenvalue weighted by Crippen LogP contribution is -2.47. The Balaban J connectivity index is 1.20.